The lowest BCUT2D eigenvalue weighted by molar-refractivity contribution is 0.184. The molecule has 26 heavy (non-hydrogen) atoms. The lowest BCUT2D eigenvalue weighted by Gasteiger charge is -2.31. The first-order chi connectivity index (χ1) is 12.3. The topological polar surface area (TPSA) is 57.4 Å². The number of aromatic nitrogens is 2. The summed E-state index contributed by atoms with van der Waals surface area (Å²) in [6, 6.07) is 10.9. The second-order valence-electron chi connectivity index (χ2n) is 7.23. The van der Waals surface area contributed by atoms with Crippen LogP contribution in [0.1, 0.15) is 42.1 Å². The van der Waals surface area contributed by atoms with Gasteiger partial charge in [0.25, 0.3) is 0 Å². The first-order valence-corrected chi connectivity index (χ1v) is 9.30. The summed E-state index contributed by atoms with van der Waals surface area (Å²) >= 11 is 0. The maximum Gasteiger partial charge on any atom is 0.229 e. The molecule has 0 saturated carbocycles. The zero-order valence-corrected chi connectivity index (χ0v) is 16.1. The van der Waals surface area contributed by atoms with Crippen molar-refractivity contribution in [3.05, 3.63) is 47.6 Å². The Bertz CT molecular complexity index is 672. The molecule has 0 radical (unpaired) electrons. The molecule has 2 saturated heterocycles. The van der Waals surface area contributed by atoms with Gasteiger partial charge in [0, 0.05) is 32.1 Å². The van der Waals surface area contributed by atoms with Crippen molar-refractivity contribution in [1.29, 1.82) is 0 Å². The Morgan fingerprint density at radius 1 is 1.15 bits per heavy atom. The Balaban J connectivity index is 0.00000196. The number of likely N-dealkylation sites (N-methyl/N-ethyl adjacent to an activating group) is 1. The van der Waals surface area contributed by atoms with Crippen LogP contribution in [0.25, 0.3) is 0 Å². The van der Waals surface area contributed by atoms with Gasteiger partial charge in [-0.05, 0) is 38.5 Å². The molecule has 7 heteroatoms. The summed E-state index contributed by atoms with van der Waals surface area (Å²) < 4.78 is 5.63. The van der Waals surface area contributed by atoms with Gasteiger partial charge >= 0.3 is 0 Å². The lowest BCUT2D eigenvalue weighted by atomic mass is 9.96. The quantitative estimate of drug-likeness (QED) is 0.883. The Morgan fingerprint density at radius 2 is 1.92 bits per heavy atom. The zero-order valence-electron chi connectivity index (χ0n) is 15.3. The molecule has 1 atom stereocenters. The summed E-state index contributed by atoms with van der Waals surface area (Å²) in [4.78, 5) is 9.55. The molecule has 1 aromatic carbocycles. The zero-order chi connectivity index (χ0) is 17.1. The number of piperazine rings is 1. The predicted molar refractivity (Wildman–Crippen MR) is 103 cm³/mol. The third-order valence-electron chi connectivity index (χ3n) is 5.45. The van der Waals surface area contributed by atoms with Crippen molar-refractivity contribution in [1.82, 2.24) is 25.3 Å². The van der Waals surface area contributed by atoms with Crippen LogP contribution in [0, 0.1) is 0 Å². The van der Waals surface area contributed by atoms with Crippen molar-refractivity contribution in [3.8, 4) is 0 Å². The van der Waals surface area contributed by atoms with Crippen LogP contribution in [-0.4, -0.2) is 59.7 Å². The van der Waals surface area contributed by atoms with Gasteiger partial charge in [-0.1, -0.05) is 35.5 Å². The van der Waals surface area contributed by atoms with Gasteiger partial charge in [-0.2, -0.15) is 4.98 Å². The highest BCUT2D eigenvalue weighted by molar-refractivity contribution is 5.85. The van der Waals surface area contributed by atoms with E-state index in [0.717, 1.165) is 63.8 Å². The van der Waals surface area contributed by atoms with E-state index in [1.165, 1.54) is 5.56 Å². The van der Waals surface area contributed by atoms with Crippen molar-refractivity contribution in [2.24, 2.45) is 0 Å². The molecular formula is C19H28ClN5O. The van der Waals surface area contributed by atoms with Gasteiger partial charge in [-0.3, -0.25) is 9.80 Å². The number of hydrogen-bond donors (Lipinski definition) is 1. The number of rotatable bonds is 4. The number of piperidine rings is 1. The number of nitrogens with zero attached hydrogens (tertiary/aromatic N) is 4. The fourth-order valence-corrected chi connectivity index (χ4v) is 3.82. The van der Waals surface area contributed by atoms with E-state index in [1.54, 1.807) is 0 Å². The van der Waals surface area contributed by atoms with E-state index in [-0.39, 0.29) is 18.4 Å². The molecule has 1 aromatic heterocycles. The number of likely N-dealkylation sites (tertiary alicyclic amines) is 1. The van der Waals surface area contributed by atoms with Crippen LogP contribution in [0.15, 0.2) is 34.9 Å². The van der Waals surface area contributed by atoms with E-state index >= 15 is 0 Å². The van der Waals surface area contributed by atoms with E-state index in [9.17, 15) is 0 Å². The summed E-state index contributed by atoms with van der Waals surface area (Å²) in [6.45, 7) is 6.14. The van der Waals surface area contributed by atoms with Crippen LogP contribution >= 0.6 is 12.4 Å². The molecule has 2 aliphatic rings. The highest BCUT2D eigenvalue weighted by Gasteiger charge is 2.29. The van der Waals surface area contributed by atoms with Gasteiger partial charge in [0.2, 0.25) is 5.89 Å². The number of halogens is 1. The minimum Gasteiger partial charge on any atom is -0.339 e. The molecule has 0 bridgehead atoms. The van der Waals surface area contributed by atoms with Crippen LogP contribution in [0.4, 0.5) is 0 Å². The highest BCUT2D eigenvalue weighted by Crippen LogP contribution is 2.29. The summed E-state index contributed by atoms with van der Waals surface area (Å²) in [6.07, 6.45) is 2.18. The smallest absolute Gasteiger partial charge is 0.229 e. The standard InChI is InChI=1S/C19H27N5O.ClH/c1-23-12-9-20-13-17(23)18-21-19(25-22-18)16-7-10-24(11-8-16)14-15-5-3-2-4-6-15;/h2-6,16-17,20H,7-14H2,1H3;1H. The van der Waals surface area contributed by atoms with E-state index < -0.39 is 0 Å². The Labute approximate surface area is 161 Å². The SMILES string of the molecule is CN1CCNCC1c1noc(C2CCN(Cc3ccccc3)CC2)n1.Cl. The van der Waals surface area contributed by atoms with E-state index in [0.29, 0.717) is 5.92 Å². The molecule has 6 nitrogen and oxygen atoms in total. The Hall–Kier alpha value is -1.47. The summed E-state index contributed by atoms with van der Waals surface area (Å²) in [5, 5.41) is 7.68. The van der Waals surface area contributed by atoms with Crippen molar-refractivity contribution < 1.29 is 4.52 Å². The van der Waals surface area contributed by atoms with Crippen molar-refractivity contribution in [2.75, 3.05) is 39.8 Å². The van der Waals surface area contributed by atoms with E-state index in [2.05, 4.69) is 57.7 Å². The lowest BCUT2D eigenvalue weighted by Crippen LogP contribution is -2.44. The van der Waals surface area contributed by atoms with Crippen molar-refractivity contribution >= 4 is 12.4 Å². The van der Waals surface area contributed by atoms with Crippen molar-refractivity contribution in [3.63, 3.8) is 0 Å². The highest BCUT2D eigenvalue weighted by atomic mass is 35.5. The fourth-order valence-electron chi connectivity index (χ4n) is 3.82. The first kappa shape index (κ1) is 19.3. The summed E-state index contributed by atoms with van der Waals surface area (Å²) in [5.74, 6) is 2.06. The molecule has 0 aliphatic carbocycles. The summed E-state index contributed by atoms with van der Waals surface area (Å²) in [5.41, 5.74) is 1.38. The number of hydrogen-bond acceptors (Lipinski definition) is 6. The van der Waals surface area contributed by atoms with Gasteiger partial charge in [0.15, 0.2) is 5.82 Å². The van der Waals surface area contributed by atoms with Crippen LogP contribution in [0.3, 0.4) is 0 Å². The van der Waals surface area contributed by atoms with Crippen LogP contribution in [0.5, 0.6) is 0 Å². The largest absolute Gasteiger partial charge is 0.339 e. The molecule has 0 spiro atoms. The maximum atomic E-state index is 5.63. The molecule has 1 unspecified atom stereocenters. The molecule has 2 aliphatic heterocycles. The van der Waals surface area contributed by atoms with Gasteiger partial charge in [-0.25, -0.2) is 0 Å². The van der Waals surface area contributed by atoms with Gasteiger partial charge in [0.1, 0.15) is 0 Å². The van der Waals surface area contributed by atoms with Gasteiger partial charge < -0.3 is 9.84 Å². The Kier molecular flexibility index (Phi) is 6.64. The third kappa shape index (κ3) is 4.43. The van der Waals surface area contributed by atoms with E-state index in [4.69, 9.17) is 9.51 Å². The summed E-state index contributed by atoms with van der Waals surface area (Å²) in [7, 11) is 2.13. The van der Waals surface area contributed by atoms with Crippen LogP contribution < -0.4 is 5.32 Å². The minimum absolute atomic E-state index is 0. The average molecular weight is 378 g/mol. The van der Waals surface area contributed by atoms with Gasteiger partial charge in [0.05, 0.1) is 6.04 Å². The maximum absolute atomic E-state index is 5.63. The second kappa shape index (κ2) is 8.95. The Morgan fingerprint density at radius 3 is 2.65 bits per heavy atom. The first-order valence-electron chi connectivity index (χ1n) is 9.30. The second-order valence-corrected chi connectivity index (χ2v) is 7.23. The molecule has 4 rings (SSSR count). The number of benzene rings is 1. The molecule has 2 fully saturated rings. The van der Waals surface area contributed by atoms with E-state index in [1.807, 2.05) is 0 Å². The van der Waals surface area contributed by atoms with Crippen LogP contribution in [0.2, 0.25) is 0 Å². The third-order valence-corrected chi connectivity index (χ3v) is 5.45. The average Bonchev–Trinajstić information content (AvgIpc) is 3.13. The van der Waals surface area contributed by atoms with Gasteiger partial charge in [-0.15, -0.1) is 12.4 Å². The minimum atomic E-state index is 0. The molecule has 0 amide bonds. The molecule has 2 aromatic rings. The predicted octanol–water partition coefficient (Wildman–Crippen LogP) is 2.45. The molecular weight excluding hydrogens is 350 g/mol. The fraction of sp³-hybridized carbons (Fsp3) is 0.579. The molecule has 3 heterocycles. The van der Waals surface area contributed by atoms with Crippen LogP contribution in [-0.2, 0) is 6.54 Å². The number of nitrogens with one attached hydrogen (secondary N) is 1. The molecule has 142 valence electrons. The monoisotopic (exact) mass is 377 g/mol. The van der Waals surface area contributed by atoms with Crippen molar-refractivity contribution in [2.45, 2.75) is 31.3 Å². The normalized spacial score (nSPS) is 22.9. The molecule has 1 N–H and O–H groups in total.